The number of benzene rings is 1. The second-order valence-electron chi connectivity index (χ2n) is 6.41. The van der Waals surface area contributed by atoms with Gasteiger partial charge in [0.05, 0.1) is 17.6 Å². The Balaban J connectivity index is 1.52. The number of hydrogen-bond acceptors (Lipinski definition) is 4. The lowest BCUT2D eigenvalue weighted by Crippen LogP contribution is -2.33. The molecule has 26 heavy (non-hydrogen) atoms. The highest BCUT2D eigenvalue weighted by Crippen LogP contribution is 2.24. The molecular formula is C18H19FN6O. The van der Waals surface area contributed by atoms with E-state index < -0.39 is 0 Å². The van der Waals surface area contributed by atoms with Crippen molar-refractivity contribution in [3.05, 3.63) is 54.2 Å². The minimum atomic E-state index is -0.342. The highest BCUT2D eigenvalue weighted by atomic mass is 19.1. The van der Waals surface area contributed by atoms with Gasteiger partial charge >= 0.3 is 0 Å². The Labute approximate surface area is 150 Å². The molecule has 3 aromatic rings. The summed E-state index contributed by atoms with van der Waals surface area (Å²) in [5.41, 5.74) is 2.29. The summed E-state index contributed by atoms with van der Waals surface area (Å²) < 4.78 is 16.8. The quantitative estimate of drug-likeness (QED) is 0.780. The molecule has 7 nitrogen and oxygen atoms in total. The van der Waals surface area contributed by atoms with Crippen molar-refractivity contribution in [3.63, 3.8) is 0 Å². The van der Waals surface area contributed by atoms with Gasteiger partial charge in [0.1, 0.15) is 17.7 Å². The molecule has 0 aliphatic carbocycles. The van der Waals surface area contributed by atoms with Crippen LogP contribution in [0.1, 0.15) is 12.1 Å². The van der Waals surface area contributed by atoms with Gasteiger partial charge in [0.25, 0.3) is 0 Å². The van der Waals surface area contributed by atoms with Gasteiger partial charge in [-0.05, 0) is 31.5 Å². The molecule has 0 bridgehead atoms. The first kappa shape index (κ1) is 16.3. The van der Waals surface area contributed by atoms with Crippen molar-refractivity contribution in [2.24, 2.45) is 7.05 Å². The average molecular weight is 354 g/mol. The van der Waals surface area contributed by atoms with Gasteiger partial charge in [0.2, 0.25) is 5.91 Å². The number of amides is 1. The zero-order valence-corrected chi connectivity index (χ0v) is 14.6. The van der Waals surface area contributed by atoms with Crippen molar-refractivity contribution in [2.75, 3.05) is 16.8 Å². The van der Waals surface area contributed by atoms with Crippen LogP contribution in [0.2, 0.25) is 0 Å². The molecule has 1 aromatic carbocycles. The number of rotatable bonds is 4. The Morgan fingerprint density at radius 1 is 1.27 bits per heavy atom. The van der Waals surface area contributed by atoms with Gasteiger partial charge < -0.3 is 10.2 Å². The van der Waals surface area contributed by atoms with Gasteiger partial charge in [0.15, 0.2) is 0 Å². The molecule has 1 saturated heterocycles. The number of nitrogens with one attached hydrogen (secondary N) is 1. The molecule has 1 amide bonds. The standard InChI is InChI=1S/C18H19FN6O/c1-12-8-17(22-25(12)14-5-3-4-13(19)9-14)21-16-6-7-24(18(16)26)15-10-20-23(2)11-15/h3-5,8-11,16H,6-7H2,1-2H3,(H,21,22). The summed E-state index contributed by atoms with van der Waals surface area (Å²) in [6, 6.07) is 7.76. The third kappa shape index (κ3) is 2.94. The monoisotopic (exact) mass is 354 g/mol. The molecule has 3 heterocycles. The molecule has 0 spiro atoms. The van der Waals surface area contributed by atoms with Crippen LogP contribution in [0, 0.1) is 12.7 Å². The second-order valence-corrected chi connectivity index (χ2v) is 6.41. The lowest BCUT2D eigenvalue weighted by atomic mass is 10.2. The number of halogens is 1. The van der Waals surface area contributed by atoms with E-state index in [0.29, 0.717) is 24.5 Å². The molecule has 1 unspecified atom stereocenters. The van der Waals surface area contributed by atoms with Crippen LogP contribution in [0.25, 0.3) is 5.69 Å². The van der Waals surface area contributed by atoms with E-state index in [2.05, 4.69) is 15.5 Å². The van der Waals surface area contributed by atoms with Crippen molar-refractivity contribution >= 4 is 17.4 Å². The number of anilines is 2. The first-order chi connectivity index (χ1) is 12.5. The first-order valence-corrected chi connectivity index (χ1v) is 8.40. The number of nitrogens with zero attached hydrogens (tertiary/aromatic N) is 5. The molecule has 134 valence electrons. The summed E-state index contributed by atoms with van der Waals surface area (Å²) in [5.74, 6) is 0.277. The Kier molecular flexibility index (Phi) is 3.95. The van der Waals surface area contributed by atoms with E-state index in [4.69, 9.17) is 0 Å². The van der Waals surface area contributed by atoms with Gasteiger partial charge in [-0.15, -0.1) is 0 Å². The Hall–Kier alpha value is -3.16. The molecule has 1 aliphatic heterocycles. The highest BCUT2D eigenvalue weighted by molar-refractivity contribution is 6.00. The van der Waals surface area contributed by atoms with Crippen molar-refractivity contribution < 1.29 is 9.18 Å². The van der Waals surface area contributed by atoms with Crippen molar-refractivity contribution in [2.45, 2.75) is 19.4 Å². The smallest absolute Gasteiger partial charge is 0.249 e. The molecule has 1 N–H and O–H groups in total. The van der Waals surface area contributed by atoms with Crippen LogP contribution in [0.15, 0.2) is 42.7 Å². The number of hydrogen-bond donors (Lipinski definition) is 1. The molecule has 0 saturated carbocycles. The molecule has 1 atom stereocenters. The zero-order valence-electron chi connectivity index (χ0n) is 14.6. The molecule has 4 rings (SSSR count). The van der Waals surface area contributed by atoms with Crippen molar-refractivity contribution in [1.29, 1.82) is 0 Å². The maximum absolute atomic E-state index is 13.5. The molecule has 1 fully saturated rings. The van der Waals surface area contributed by atoms with Crippen LogP contribution >= 0.6 is 0 Å². The highest BCUT2D eigenvalue weighted by Gasteiger charge is 2.33. The van der Waals surface area contributed by atoms with Gasteiger partial charge in [-0.25, -0.2) is 9.07 Å². The average Bonchev–Trinajstić information content (AvgIpc) is 3.28. The largest absolute Gasteiger partial charge is 0.357 e. The van der Waals surface area contributed by atoms with Crippen LogP contribution in [0.4, 0.5) is 15.9 Å². The van der Waals surface area contributed by atoms with Gasteiger partial charge in [0, 0.05) is 31.5 Å². The normalized spacial score (nSPS) is 17.1. The Morgan fingerprint density at radius 2 is 2.12 bits per heavy atom. The minimum absolute atomic E-state index is 0.00374. The summed E-state index contributed by atoms with van der Waals surface area (Å²) in [5, 5.41) is 11.8. The van der Waals surface area contributed by atoms with E-state index in [1.165, 1.54) is 12.1 Å². The first-order valence-electron chi connectivity index (χ1n) is 8.40. The minimum Gasteiger partial charge on any atom is -0.357 e. The third-order valence-electron chi connectivity index (χ3n) is 4.47. The number of carbonyl (C=O) groups excluding carboxylic acids is 1. The lowest BCUT2D eigenvalue weighted by molar-refractivity contribution is -0.117. The van der Waals surface area contributed by atoms with E-state index in [1.54, 1.807) is 32.6 Å². The summed E-state index contributed by atoms with van der Waals surface area (Å²) in [6.07, 6.45) is 4.19. The van der Waals surface area contributed by atoms with E-state index in [1.807, 2.05) is 26.2 Å². The van der Waals surface area contributed by atoms with Crippen molar-refractivity contribution in [1.82, 2.24) is 19.6 Å². The van der Waals surface area contributed by atoms with E-state index in [-0.39, 0.29) is 17.8 Å². The molecular weight excluding hydrogens is 335 g/mol. The van der Waals surface area contributed by atoms with E-state index >= 15 is 0 Å². The summed E-state index contributed by atoms with van der Waals surface area (Å²) in [6.45, 7) is 2.52. The number of aryl methyl sites for hydroxylation is 2. The second kappa shape index (κ2) is 6.29. The van der Waals surface area contributed by atoms with Crippen LogP contribution in [-0.2, 0) is 11.8 Å². The predicted octanol–water partition coefficient (Wildman–Crippen LogP) is 2.27. The number of aromatic nitrogens is 4. The van der Waals surface area contributed by atoms with E-state index in [9.17, 15) is 9.18 Å². The molecule has 0 radical (unpaired) electrons. The van der Waals surface area contributed by atoms with Crippen molar-refractivity contribution in [3.8, 4) is 5.69 Å². The fraction of sp³-hybridized carbons (Fsp3) is 0.278. The van der Waals surface area contributed by atoms with E-state index in [0.717, 1.165) is 11.4 Å². The maximum Gasteiger partial charge on any atom is 0.249 e. The predicted molar refractivity (Wildman–Crippen MR) is 95.8 cm³/mol. The zero-order chi connectivity index (χ0) is 18.3. The van der Waals surface area contributed by atoms with Crippen LogP contribution in [0.3, 0.4) is 0 Å². The molecule has 2 aromatic heterocycles. The summed E-state index contributed by atoms with van der Waals surface area (Å²) in [4.78, 5) is 14.4. The Bertz CT molecular complexity index is 962. The third-order valence-corrected chi connectivity index (χ3v) is 4.47. The molecule has 8 heteroatoms. The van der Waals surface area contributed by atoms with Gasteiger partial charge in [-0.3, -0.25) is 9.48 Å². The molecule has 1 aliphatic rings. The van der Waals surface area contributed by atoms with Crippen LogP contribution in [0.5, 0.6) is 0 Å². The maximum atomic E-state index is 13.5. The summed E-state index contributed by atoms with van der Waals surface area (Å²) >= 11 is 0. The van der Waals surface area contributed by atoms with Crippen LogP contribution < -0.4 is 10.2 Å². The lowest BCUT2D eigenvalue weighted by Gasteiger charge is -2.14. The fourth-order valence-electron chi connectivity index (χ4n) is 3.21. The fourth-order valence-corrected chi connectivity index (χ4v) is 3.21. The summed E-state index contributed by atoms with van der Waals surface area (Å²) in [7, 11) is 1.82. The SMILES string of the molecule is Cc1cc(NC2CCN(c3cnn(C)c3)C2=O)nn1-c1cccc(F)c1. The van der Waals surface area contributed by atoms with Gasteiger partial charge in [-0.2, -0.15) is 10.2 Å². The van der Waals surface area contributed by atoms with Crippen LogP contribution in [-0.4, -0.2) is 38.1 Å². The van der Waals surface area contributed by atoms with Gasteiger partial charge in [-0.1, -0.05) is 6.07 Å². The number of carbonyl (C=O) groups is 1. The Morgan fingerprint density at radius 3 is 2.85 bits per heavy atom. The topological polar surface area (TPSA) is 68.0 Å².